The van der Waals surface area contributed by atoms with Gasteiger partial charge in [-0.05, 0) is 0 Å². The molecule has 0 aliphatic carbocycles. The maximum atomic E-state index is 0. The number of hydrogen-bond acceptors (Lipinski definition) is 0. The fourth-order valence-electron chi connectivity index (χ4n) is 0. The van der Waals surface area contributed by atoms with E-state index in [4.69, 9.17) is 0 Å². The van der Waals surface area contributed by atoms with Crippen LogP contribution in [0.3, 0.4) is 0 Å². The molecule has 0 saturated heterocycles. The summed E-state index contributed by atoms with van der Waals surface area (Å²) in [4.78, 5) is 0. The van der Waals surface area contributed by atoms with Crippen LogP contribution in [0.1, 0.15) is 1.43 Å². The van der Waals surface area contributed by atoms with E-state index in [0.717, 1.165) is 0 Å². The van der Waals surface area contributed by atoms with Gasteiger partial charge in [-0.15, -0.1) is 0 Å². The van der Waals surface area contributed by atoms with E-state index in [1.807, 2.05) is 0 Å². The van der Waals surface area contributed by atoms with E-state index < -0.39 is 0 Å². The summed E-state index contributed by atoms with van der Waals surface area (Å²) in [7, 11) is 0. The van der Waals surface area contributed by atoms with E-state index in [1.165, 1.54) is 0 Å². The molecule has 0 rings (SSSR count). The van der Waals surface area contributed by atoms with E-state index in [-0.39, 0.29) is 75.6 Å². The molecule has 0 radical (unpaired) electrons. The second kappa shape index (κ2) is 19.0. The second-order valence-corrected chi connectivity index (χ2v) is 0. The van der Waals surface area contributed by atoms with Crippen LogP contribution in [-0.4, -0.2) is 74.2 Å². The van der Waals surface area contributed by atoms with Gasteiger partial charge >= 0.3 is 48.4 Å². The third-order valence-corrected chi connectivity index (χ3v) is 0. The van der Waals surface area contributed by atoms with Crippen molar-refractivity contribution in [1.82, 2.24) is 0 Å². The summed E-state index contributed by atoms with van der Waals surface area (Å²) in [6, 6.07) is 0. The quantitative estimate of drug-likeness (QED) is 0.265. The fourth-order valence-corrected chi connectivity index (χ4v) is 0. The zero-order valence-corrected chi connectivity index (χ0v) is 0. The van der Waals surface area contributed by atoms with Crippen LogP contribution in [0.5, 0.6) is 0 Å². The van der Waals surface area contributed by atoms with Crippen molar-refractivity contribution in [3.8, 4) is 0 Å². The Balaban J connectivity index is 0. The molecule has 0 aliphatic heterocycles. The molecule has 0 aromatic carbocycles. The zero-order chi connectivity index (χ0) is 0. The van der Waals surface area contributed by atoms with Gasteiger partial charge in [0.05, 0.1) is 8.41 Å². The molecule has 0 amide bonds. The van der Waals surface area contributed by atoms with E-state index in [1.54, 1.807) is 0 Å². The third kappa shape index (κ3) is 8.89. The minimum atomic E-state index is 0. The van der Waals surface area contributed by atoms with Crippen LogP contribution >= 0.6 is 0 Å². The first-order valence-corrected chi connectivity index (χ1v) is 0. The van der Waals surface area contributed by atoms with Crippen LogP contribution < -0.4 is 0 Å². The Bertz CT molecular complexity index is 11.6. The summed E-state index contributed by atoms with van der Waals surface area (Å²) in [5, 5.41) is 0. The Morgan fingerprint density at radius 2 is 1.25 bits per heavy atom. The molecule has 0 spiro atoms. The van der Waals surface area contributed by atoms with Crippen molar-refractivity contribution < 1.29 is 1.43 Å². The summed E-state index contributed by atoms with van der Waals surface area (Å²) >= 11 is 0. The summed E-state index contributed by atoms with van der Waals surface area (Å²) in [5.74, 6) is 0. The molecule has 4 heavy (non-hydrogen) atoms. The monoisotopic (exact) mass is 78.1 g/mol. The third-order valence-electron chi connectivity index (χ3n) is 0. The summed E-state index contributed by atoms with van der Waals surface area (Å²) in [5.41, 5.74) is 0. The topological polar surface area (TPSA) is 0 Å². The van der Waals surface area contributed by atoms with Crippen molar-refractivity contribution in [2.45, 2.75) is 0 Å². The Hall–Kier alpha value is 2.19. The average Bonchev–Trinajstić information content (AvgIpc) is 0. The molecule has 0 aliphatic rings. The van der Waals surface area contributed by atoms with Gasteiger partial charge < -0.3 is 0 Å². The zero-order valence-electron chi connectivity index (χ0n) is 0. The average molecular weight is 77.8 g/mol. The molecule has 0 N–H and O–H groups in total. The first-order chi connectivity index (χ1) is 0. The predicted octanol–water partition coefficient (Wildman–Crippen LogP) is -3.42. The Morgan fingerprint density at radius 3 is 1.25 bits per heavy atom. The number of rotatable bonds is 0. The van der Waals surface area contributed by atoms with Crippen molar-refractivity contribution in [3.05, 3.63) is 0 Å². The Labute approximate surface area is 74.8 Å². The molecule has 0 heterocycles. The van der Waals surface area contributed by atoms with Gasteiger partial charge in [0.2, 0.25) is 0 Å². The maximum absolute atomic E-state index is 0. The molecule has 0 saturated carbocycles. The van der Waals surface area contributed by atoms with Crippen LogP contribution in [0.2, 0.25) is 0 Å². The van der Waals surface area contributed by atoms with Gasteiger partial charge in [0.15, 0.2) is 17.4 Å². The number of hydrogen-bond donors (Lipinski definition) is 0. The van der Waals surface area contributed by atoms with Gasteiger partial charge in [0.25, 0.3) is 0 Å². The Kier molecular flexibility index (Phi) is 165. The summed E-state index contributed by atoms with van der Waals surface area (Å²) in [6.07, 6.45) is 0. The normalized spacial score (nSPS) is 0. The second-order valence-electron chi connectivity index (χ2n) is 0. The molecule has 0 nitrogen and oxygen atoms in total. The van der Waals surface area contributed by atoms with Crippen molar-refractivity contribution >= 4 is 74.2 Å². The minimum absolute atomic E-state index is 0. The van der Waals surface area contributed by atoms with Gasteiger partial charge in [-0.1, -0.05) is 0 Å². The van der Waals surface area contributed by atoms with Gasteiger partial charge in [0.1, 0.15) is 0 Å². The molecule has 0 fully saturated rings. The van der Waals surface area contributed by atoms with Crippen LogP contribution in [0, 0.1) is 0 Å². The molecular formula is H10AlBLiNa. The standard InChI is InChI=1S/Al.BH3.Li.Na.H2.5H/h;1H3;;;1H;;;;;. The fraction of sp³-hybridized carbons (Fsp3) is 0. The van der Waals surface area contributed by atoms with Gasteiger partial charge in [-0.2, -0.15) is 0 Å². The van der Waals surface area contributed by atoms with Crippen molar-refractivity contribution in [1.29, 1.82) is 0 Å². The van der Waals surface area contributed by atoms with Crippen LogP contribution in [-0.2, 0) is 0 Å². The van der Waals surface area contributed by atoms with Crippen LogP contribution in [0.15, 0.2) is 0 Å². The molecule has 18 valence electrons. The van der Waals surface area contributed by atoms with Crippen molar-refractivity contribution in [3.63, 3.8) is 0 Å². The molecular weight excluding hydrogens is 67.7 g/mol. The summed E-state index contributed by atoms with van der Waals surface area (Å²) < 4.78 is 0. The van der Waals surface area contributed by atoms with E-state index in [9.17, 15) is 0 Å². The van der Waals surface area contributed by atoms with Gasteiger partial charge in [-0.25, -0.2) is 0 Å². The van der Waals surface area contributed by atoms with Gasteiger partial charge in [0, 0.05) is 1.43 Å². The first kappa shape index (κ1) is 34.7. The Morgan fingerprint density at radius 1 is 1.25 bits per heavy atom. The molecule has 0 unspecified atom stereocenters. The summed E-state index contributed by atoms with van der Waals surface area (Å²) in [6.45, 7) is 0. The van der Waals surface area contributed by atoms with Crippen LogP contribution in [0.25, 0.3) is 0 Å². The SMILES string of the molecule is B.[AlH3].[HH].[LiH].[NaH]. The van der Waals surface area contributed by atoms with Crippen molar-refractivity contribution in [2.24, 2.45) is 0 Å². The first-order valence-electron chi connectivity index (χ1n) is 0. The van der Waals surface area contributed by atoms with E-state index in [2.05, 4.69) is 0 Å². The molecule has 0 bridgehead atoms. The van der Waals surface area contributed by atoms with Gasteiger partial charge in [-0.3, -0.25) is 0 Å². The van der Waals surface area contributed by atoms with E-state index >= 15 is 0 Å². The van der Waals surface area contributed by atoms with Crippen molar-refractivity contribution in [2.75, 3.05) is 0 Å². The molecule has 0 atom stereocenters. The van der Waals surface area contributed by atoms with E-state index in [0.29, 0.717) is 0 Å². The van der Waals surface area contributed by atoms with Crippen LogP contribution in [0.4, 0.5) is 0 Å². The molecule has 4 heteroatoms. The predicted molar refractivity (Wildman–Crippen MR) is 36.3 cm³/mol. The molecule has 0 aromatic rings. The molecule has 0 aromatic heterocycles.